The van der Waals surface area contributed by atoms with Crippen LogP contribution in [-0.4, -0.2) is 42.6 Å². The summed E-state index contributed by atoms with van der Waals surface area (Å²) in [6, 6.07) is 1.43. The van der Waals surface area contributed by atoms with Crippen molar-refractivity contribution < 1.29 is 4.74 Å². The molecule has 0 radical (unpaired) electrons. The zero-order valence-electron chi connectivity index (χ0n) is 8.04. The Morgan fingerprint density at radius 1 is 1.38 bits per heavy atom. The van der Waals surface area contributed by atoms with Crippen molar-refractivity contribution in [2.24, 2.45) is 0 Å². The van der Waals surface area contributed by atoms with Crippen molar-refractivity contribution in [3.63, 3.8) is 0 Å². The van der Waals surface area contributed by atoms with Gasteiger partial charge in [-0.1, -0.05) is 0 Å². The molecule has 76 valence electrons. The Kier molecular flexibility index (Phi) is 3.47. The quantitative estimate of drug-likeness (QED) is 0.650. The molecule has 2 saturated heterocycles. The maximum Gasteiger partial charge on any atom is 0.0622 e. The first kappa shape index (κ1) is 9.75. The van der Waals surface area contributed by atoms with E-state index in [-0.39, 0.29) is 0 Å². The first-order valence-electron chi connectivity index (χ1n) is 5.31. The molecular formula is C10H18ClNO. The van der Waals surface area contributed by atoms with Gasteiger partial charge in [0.2, 0.25) is 0 Å². The summed E-state index contributed by atoms with van der Waals surface area (Å²) in [6.07, 6.45) is 5.05. The predicted molar refractivity (Wildman–Crippen MR) is 54.3 cm³/mol. The summed E-state index contributed by atoms with van der Waals surface area (Å²) in [5.41, 5.74) is 0. The molecule has 2 fully saturated rings. The van der Waals surface area contributed by atoms with E-state index in [9.17, 15) is 0 Å². The standard InChI is InChI=1S/C10H18ClNO/c11-5-3-9-2-1-6-12(9)10-4-7-13-8-10/h9-10H,1-8H2. The van der Waals surface area contributed by atoms with Crippen molar-refractivity contribution in [3.05, 3.63) is 0 Å². The van der Waals surface area contributed by atoms with Gasteiger partial charge in [-0.05, 0) is 32.2 Å². The fraction of sp³-hybridized carbons (Fsp3) is 1.00. The molecule has 2 rings (SSSR count). The monoisotopic (exact) mass is 203 g/mol. The third kappa shape index (κ3) is 2.17. The first-order valence-corrected chi connectivity index (χ1v) is 5.84. The molecule has 0 spiro atoms. The summed E-state index contributed by atoms with van der Waals surface area (Å²) in [7, 11) is 0. The highest BCUT2D eigenvalue weighted by atomic mass is 35.5. The molecular weight excluding hydrogens is 186 g/mol. The zero-order valence-corrected chi connectivity index (χ0v) is 8.80. The second-order valence-corrected chi connectivity index (χ2v) is 4.41. The molecule has 0 N–H and O–H groups in total. The number of hydrogen-bond donors (Lipinski definition) is 0. The Hall–Kier alpha value is 0.210. The fourth-order valence-electron chi connectivity index (χ4n) is 2.56. The number of likely N-dealkylation sites (tertiary alicyclic amines) is 1. The van der Waals surface area contributed by atoms with Crippen molar-refractivity contribution in [2.75, 3.05) is 25.6 Å². The van der Waals surface area contributed by atoms with E-state index in [4.69, 9.17) is 16.3 Å². The number of nitrogens with zero attached hydrogens (tertiary/aromatic N) is 1. The van der Waals surface area contributed by atoms with Crippen molar-refractivity contribution in [1.29, 1.82) is 0 Å². The average Bonchev–Trinajstić information content (AvgIpc) is 2.71. The van der Waals surface area contributed by atoms with E-state index >= 15 is 0 Å². The summed E-state index contributed by atoms with van der Waals surface area (Å²) < 4.78 is 5.42. The van der Waals surface area contributed by atoms with Gasteiger partial charge in [0.25, 0.3) is 0 Å². The molecule has 0 saturated carbocycles. The van der Waals surface area contributed by atoms with Crippen LogP contribution in [0.2, 0.25) is 0 Å². The van der Waals surface area contributed by atoms with Gasteiger partial charge in [-0.15, -0.1) is 11.6 Å². The maximum absolute atomic E-state index is 5.80. The molecule has 2 atom stereocenters. The van der Waals surface area contributed by atoms with Gasteiger partial charge in [0, 0.05) is 24.6 Å². The first-order chi connectivity index (χ1) is 6.42. The average molecular weight is 204 g/mol. The largest absolute Gasteiger partial charge is 0.380 e. The topological polar surface area (TPSA) is 12.5 Å². The molecule has 0 aromatic rings. The van der Waals surface area contributed by atoms with Gasteiger partial charge in [-0.2, -0.15) is 0 Å². The zero-order chi connectivity index (χ0) is 9.10. The molecule has 3 heteroatoms. The minimum atomic E-state index is 0.690. The highest BCUT2D eigenvalue weighted by Gasteiger charge is 2.31. The van der Waals surface area contributed by atoms with E-state index in [0.717, 1.165) is 31.6 Å². The lowest BCUT2D eigenvalue weighted by Gasteiger charge is -2.28. The molecule has 0 bridgehead atoms. The number of ether oxygens (including phenoxy) is 1. The maximum atomic E-state index is 5.80. The number of hydrogen-bond acceptors (Lipinski definition) is 2. The number of alkyl halides is 1. The van der Waals surface area contributed by atoms with Gasteiger partial charge < -0.3 is 4.74 Å². The highest BCUT2D eigenvalue weighted by Crippen LogP contribution is 2.26. The van der Waals surface area contributed by atoms with Crippen LogP contribution in [0.25, 0.3) is 0 Å². The summed E-state index contributed by atoms with van der Waals surface area (Å²) >= 11 is 5.80. The third-order valence-corrected chi connectivity index (χ3v) is 3.46. The van der Waals surface area contributed by atoms with Crippen LogP contribution in [0.1, 0.15) is 25.7 Å². The van der Waals surface area contributed by atoms with Crippen LogP contribution in [0.4, 0.5) is 0 Å². The van der Waals surface area contributed by atoms with Crippen LogP contribution >= 0.6 is 11.6 Å². The minimum absolute atomic E-state index is 0.690. The number of rotatable bonds is 3. The molecule has 13 heavy (non-hydrogen) atoms. The smallest absolute Gasteiger partial charge is 0.0622 e. The molecule has 0 aromatic heterocycles. The Morgan fingerprint density at radius 2 is 2.31 bits per heavy atom. The van der Waals surface area contributed by atoms with Crippen molar-refractivity contribution in [3.8, 4) is 0 Å². The third-order valence-electron chi connectivity index (χ3n) is 3.24. The van der Waals surface area contributed by atoms with Gasteiger partial charge in [0.1, 0.15) is 0 Å². The second-order valence-electron chi connectivity index (χ2n) is 4.03. The van der Waals surface area contributed by atoms with Gasteiger partial charge in [0.05, 0.1) is 6.61 Å². The Balaban J connectivity index is 1.88. The SMILES string of the molecule is ClCCC1CCCN1C1CCOC1. The van der Waals surface area contributed by atoms with Crippen LogP contribution in [0, 0.1) is 0 Å². The molecule has 0 aliphatic carbocycles. The van der Waals surface area contributed by atoms with E-state index in [1.807, 2.05) is 0 Å². The van der Waals surface area contributed by atoms with Gasteiger partial charge in [-0.25, -0.2) is 0 Å². The van der Waals surface area contributed by atoms with E-state index in [0.29, 0.717) is 6.04 Å². The normalized spacial score (nSPS) is 35.8. The van der Waals surface area contributed by atoms with Crippen molar-refractivity contribution in [2.45, 2.75) is 37.8 Å². The van der Waals surface area contributed by atoms with Crippen LogP contribution in [0.15, 0.2) is 0 Å². The molecule has 2 heterocycles. The van der Waals surface area contributed by atoms with Gasteiger partial charge >= 0.3 is 0 Å². The summed E-state index contributed by atoms with van der Waals surface area (Å²) in [4.78, 5) is 2.62. The summed E-state index contributed by atoms with van der Waals surface area (Å²) in [5, 5.41) is 0. The molecule has 2 unspecified atom stereocenters. The lowest BCUT2D eigenvalue weighted by atomic mass is 10.1. The highest BCUT2D eigenvalue weighted by molar-refractivity contribution is 6.17. The van der Waals surface area contributed by atoms with E-state index in [1.54, 1.807) is 0 Å². The summed E-state index contributed by atoms with van der Waals surface area (Å²) in [6.45, 7) is 3.16. The molecule has 2 aliphatic rings. The van der Waals surface area contributed by atoms with Crippen LogP contribution in [0.5, 0.6) is 0 Å². The molecule has 0 amide bonds. The fourth-order valence-corrected chi connectivity index (χ4v) is 2.81. The van der Waals surface area contributed by atoms with Gasteiger partial charge in [-0.3, -0.25) is 4.90 Å². The summed E-state index contributed by atoms with van der Waals surface area (Å²) in [5.74, 6) is 0.800. The van der Waals surface area contributed by atoms with Crippen LogP contribution in [0.3, 0.4) is 0 Å². The predicted octanol–water partition coefficient (Wildman–Crippen LogP) is 1.87. The van der Waals surface area contributed by atoms with Crippen LogP contribution < -0.4 is 0 Å². The number of halogens is 1. The van der Waals surface area contributed by atoms with E-state index in [1.165, 1.54) is 25.8 Å². The lowest BCUT2D eigenvalue weighted by molar-refractivity contribution is 0.134. The molecule has 0 aromatic carbocycles. The lowest BCUT2D eigenvalue weighted by Crippen LogP contribution is -2.39. The minimum Gasteiger partial charge on any atom is -0.380 e. The Bertz CT molecular complexity index is 159. The molecule has 2 aliphatic heterocycles. The van der Waals surface area contributed by atoms with Crippen LogP contribution in [-0.2, 0) is 4.74 Å². The van der Waals surface area contributed by atoms with Crippen molar-refractivity contribution >= 4 is 11.6 Å². The Morgan fingerprint density at radius 3 is 3.00 bits per heavy atom. The second kappa shape index (κ2) is 4.63. The van der Waals surface area contributed by atoms with Gasteiger partial charge in [0.15, 0.2) is 0 Å². The van der Waals surface area contributed by atoms with E-state index < -0.39 is 0 Å². The van der Waals surface area contributed by atoms with Crippen molar-refractivity contribution in [1.82, 2.24) is 4.90 Å². The molecule has 2 nitrogen and oxygen atoms in total. The Labute approximate surface area is 85.2 Å². The van der Waals surface area contributed by atoms with E-state index in [2.05, 4.69) is 4.90 Å².